The molecule has 1 heterocycles. The molecule has 2 rings (SSSR count). The van der Waals surface area contributed by atoms with Gasteiger partial charge in [-0.2, -0.15) is 11.8 Å². The topological polar surface area (TPSA) is 73.9 Å². The molecule has 1 aromatic heterocycles. The lowest BCUT2D eigenvalue weighted by molar-refractivity contribution is -0.116. The summed E-state index contributed by atoms with van der Waals surface area (Å²) in [5.74, 6) is 1.50. The van der Waals surface area contributed by atoms with E-state index in [2.05, 4.69) is 5.32 Å². The van der Waals surface area contributed by atoms with Crippen LogP contribution >= 0.6 is 23.1 Å². The Morgan fingerprint density at radius 1 is 1.18 bits per heavy atom. The molecule has 0 spiro atoms. The van der Waals surface area contributed by atoms with E-state index in [4.69, 9.17) is 14.2 Å². The van der Waals surface area contributed by atoms with Crippen molar-refractivity contribution in [3.05, 3.63) is 29.1 Å². The van der Waals surface area contributed by atoms with Crippen LogP contribution < -0.4 is 14.8 Å². The zero-order valence-corrected chi connectivity index (χ0v) is 18.1. The SMILES string of the molecule is CCOC(=O)c1c(-c2ccc(OC)c(OC)c2)csc1NC(=O)CCCSC. The Kier molecular flexibility index (Phi) is 8.66. The van der Waals surface area contributed by atoms with Crippen molar-refractivity contribution in [3.8, 4) is 22.6 Å². The fourth-order valence-electron chi connectivity index (χ4n) is 2.64. The summed E-state index contributed by atoms with van der Waals surface area (Å²) in [5, 5.41) is 5.20. The Labute approximate surface area is 173 Å². The van der Waals surface area contributed by atoms with E-state index >= 15 is 0 Å². The summed E-state index contributed by atoms with van der Waals surface area (Å²) in [6.45, 7) is 2.00. The molecule has 0 bridgehead atoms. The van der Waals surface area contributed by atoms with Crippen molar-refractivity contribution in [2.45, 2.75) is 19.8 Å². The first kappa shape index (κ1) is 22.1. The zero-order valence-electron chi connectivity index (χ0n) is 16.5. The molecular formula is C20H25NO5S2. The number of anilines is 1. The molecule has 0 saturated carbocycles. The number of thiophene rings is 1. The first-order valence-corrected chi connectivity index (χ1v) is 11.1. The van der Waals surface area contributed by atoms with Crippen molar-refractivity contribution < 1.29 is 23.8 Å². The second-order valence-electron chi connectivity index (χ2n) is 5.79. The standard InChI is InChI=1S/C20H25NO5S2/c1-5-26-20(23)18-14(13-8-9-15(24-2)16(11-13)25-3)12-28-19(18)21-17(22)7-6-10-27-4/h8-9,11-12H,5-7,10H2,1-4H3,(H,21,22). The van der Waals surface area contributed by atoms with Gasteiger partial charge >= 0.3 is 5.97 Å². The minimum absolute atomic E-state index is 0.111. The molecule has 0 fully saturated rings. The fourth-order valence-corrected chi connectivity index (χ4v) is 4.04. The molecule has 0 aliphatic carbocycles. The Hall–Kier alpha value is -2.19. The quantitative estimate of drug-likeness (QED) is 0.441. The summed E-state index contributed by atoms with van der Waals surface area (Å²) in [6, 6.07) is 5.42. The number of thioether (sulfide) groups is 1. The van der Waals surface area contributed by atoms with E-state index in [9.17, 15) is 9.59 Å². The van der Waals surface area contributed by atoms with Crippen LogP contribution in [0.25, 0.3) is 11.1 Å². The van der Waals surface area contributed by atoms with Crippen molar-refractivity contribution in [3.63, 3.8) is 0 Å². The Morgan fingerprint density at radius 2 is 1.93 bits per heavy atom. The normalized spacial score (nSPS) is 10.4. The summed E-state index contributed by atoms with van der Waals surface area (Å²) in [5.41, 5.74) is 1.82. The number of nitrogens with one attached hydrogen (secondary N) is 1. The summed E-state index contributed by atoms with van der Waals surface area (Å²) in [7, 11) is 3.12. The fraction of sp³-hybridized carbons (Fsp3) is 0.400. The van der Waals surface area contributed by atoms with Gasteiger partial charge in [0, 0.05) is 17.4 Å². The molecule has 6 nitrogen and oxygen atoms in total. The van der Waals surface area contributed by atoms with Crippen LogP contribution in [0.4, 0.5) is 5.00 Å². The number of ether oxygens (including phenoxy) is 3. The van der Waals surface area contributed by atoms with Crippen LogP contribution in [-0.4, -0.2) is 44.7 Å². The first-order chi connectivity index (χ1) is 13.5. The molecule has 152 valence electrons. The lowest BCUT2D eigenvalue weighted by Crippen LogP contribution is -2.14. The number of hydrogen-bond acceptors (Lipinski definition) is 7. The lowest BCUT2D eigenvalue weighted by atomic mass is 10.0. The molecular weight excluding hydrogens is 398 g/mol. The third-order valence-electron chi connectivity index (χ3n) is 3.97. The number of hydrogen-bond donors (Lipinski definition) is 1. The molecule has 0 aliphatic heterocycles. The minimum atomic E-state index is -0.465. The molecule has 0 aliphatic rings. The predicted octanol–water partition coefficient (Wildman–Crippen LogP) is 4.69. The van der Waals surface area contributed by atoms with Gasteiger partial charge in [-0.3, -0.25) is 4.79 Å². The average Bonchev–Trinajstić information content (AvgIpc) is 3.11. The van der Waals surface area contributed by atoms with E-state index in [1.165, 1.54) is 11.3 Å². The third-order valence-corrected chi connectivity index (χ3v) is 5.56. The molecule has 0 radical (unpaired) electrons. The van der Waals surface area contributed by atoms with Gasteiger partial charge in [0.15, 0.2) is 11.5 Å². The Balaban J connectivity index is 2.38. The van der Waals surface area contributed by atoms with Gasteiger partial charge in [-0.05, 0) is 43.0 Å². The van der Waals surface area contributed by atoms with Crippen LogP contribution in [0.2, 0.25) is 0 Å². The van der Waals surface area contributed by atoms with Crippen LogP contribution in [0.15, 0.2) is 23.6 Å². The lowest BCUT2D eigenvalue weighted by Gasteiger charge is -2.11. The molecule has 1 N–H and O–H groups in total. The van der Waals surface area contributed by atoms with Crippen molar-refractivity contribution in [1.29, 1.82) is 0 Å². The molecule has 2 aromatic rings. The second kappa shape index (κ2) is 11.0. The van der Waals surface area contributed by atoms with Gasteiger partial charge in [0.05, 0.1) is 20.8 Å². The molecule has 0 atom stereocenters. The minimum Gasteiger partial charge on any atom is -0.493 e. The molecule has 0 unspecified atom stereocenters. The van der Waals surface area contributed by atoms with E-state index < -0.39 is 5.97 Å². The molecule has 1 amide bonds. The van der Waals surface area contributed by atoms with Gasteiger partial charge in [-0.1, -0.05) is 6.07 Å². The summed E-state index contributed by atoms with van der Waals surface area (Å²) >= 11 is 3.00. The molecule has 0 saturated heterocycles. The maximum Gasteiger partial charge on any atom is 0.341 e. The monoisotopic (exact) mass is 423 g/mol. The first-order valence-electron chi connectivity index (χ1n) is 8.85. The zero-order chi connectivity index (χ0) is 20.5. The number of esters is 1. The Morgan fingerprint density at radius 3 is 2.57 bits per heavy atom. The summed E-state index contributed by atoms with van der Waals surface area (Å²) in [4.78, 5) is 24.9. The van der Waals surface area contributed by atoms with Crippen LogP contribution in [-0.2, 0) is 9.53 Å². The summed E-state index contributed by atoms with van der Waals surface area (Å²) in [6.07, 6.45) is 3.20. The summed E-state index contributed by atoms with van der Waals surface area (Å²) < 4.78 is 15.9. The predicted molar refractivity (Wildman–Crippen MR) is 115 cm³/mol. The number of carbonyl (C=O) groups excluding carboxylic acids is 2. The largest absolute Gasteiger partial charge is 0.493 e. The van der Waals surface area contributed by atoms with Crippen molar-refractivity contribution in [2.24, 2.45) is 0 Å². The van der Waals surface area contributed by atoms with Gasteiger partial charge in [0.25, 0.3) is 0 Å². The van der Waals surface area contributed by atoms with Crippen molar-refractivity contribution in [2.75, 3.05) is 38.2 Å². The number of methoxy groups -OCH3 is 2. The van der Waals surface area contributed by atoms with Crippen LogP contribution in [0.5, 0.6) is 11.5 Å². The van der Waals surface area contributed by atoms with E-state index in [0.717, 1.165) is 17.7 Å². The number of carbonyl (C=O) groups is 2. The van der Waals surface area contributed by atoms with E-state index in [0.29, 0.717) is 34.0 Å². The second-order valence-corrected chi connectivity index (χ2v) is 7.65. The van der Waals surface area contributed by atoms with E-state index in [1.807, 2.05) is 17.7 Å². The number of rotatable bonds is 10. The molecule has 28 heavy (non-hydrogen) atoms. The Bertz CT molecular complexity index is 819. The maximum absolute atomic E-state index is 12.6. The third kappa shape index (κ3) is 5.42. The maximum atomic E-state index is 12.6. The van der Waals surface area contributed by atoms with Gasteiger partial charge in [0.2, 0.25) is 5.91 Å². The van der Waals surface area contributed by atoms with Crippen LogP contribution in [0.1, 0.15) is 30.1 Å². The highest BCUT2D eigenvalue weighted by molar-refractivity contribution is 7.98. The van der Waals surface area contributed by atoms with E-state index in [1.54, 1.807) is 45.0 Å². The number of benzene rings is 1. The van der Waals surface area contributed by atoms with Gasteiger partial charge < -0.3 is 19.5 Å². The molecule has 8 heteroatoms. The van der Waals surface area contributed by atoms with Crippen molar-refractivity contribution in [1.82, 2.24) is 0 Å². The van der Waals surface area contributed by atoms with Crippen LogP contribution in [0, 0.1) is 0 Å². The van der Waals surface area contributed by atoms with Crippen LogP contribution in [0.3, 0.4) is 0 Å². The highest BCUT2D eigenvalue weighted by Gasteiger charge is 2.23. The van der Waals surface area contributed by atoms with E-state index in [-0.39, 0.29) is 12.5 Å². The van der Waals surface area contributed by atoms with Crippen molar-refractivity contribution >= 4 is 40.0 Å². The average molecular weight is 424 g/mol. The molecule has 1 aromatic carbocycles. The van der Waals surface area contributed by atoms with Gasteiger partial charge in [0.1, 0.15) is 10.6 Å². The highest BCUT2D eigenvalue weighted by Crippen LogP contribution is 2.39. The smallest absolute Gasteiger partial charge is 0.341 e. The van der Waals surface area contributed by atoms with Gasteiger partial charge in [-0.15, -0.1) is 11.3 Å². The van der Waals surface area contributed by atoms with Gasteiger partial charge in [-0.25, -0.2) is 4.79 Å². The highest BCUT2D eigenvalue weighted by atomic mass is 32.2. The number of amides is 1.